The summed E-state index contributed by atoms with van der Waals surface area (Å²) in [5, 5.41) is 0. The highest BCUT2D eigenvalue weighted by Gasteiger charge is 2.04. The fraction of sp³-hybridized carbons (Fsp3) is 0.400. The summed E-state index contributed by atoms with van der Waals surface area (Å²) >= 11 is 2.37. The molecule has 0 aliphatic rings. The SMILES string of the molecule is CC(C)N(I)Cc1ccccc1. The largest absolute Gasteiger partial charge is 0.241 e. The minimum Gasteiger partial charge on any atom is -0.241 e. The molecule has 1 aromatic carbocycles. The van der Waals surface area contributed by atoms with Crippen molar-refractivity contribution in [2.45, 2.75) is 26.4 Å². The molecule has 0 N–H and O–H groups in total. The Morgan fingerprint density at radius 1 is 1.25 bits per heavy atom. The van der Waals surface area contributed by atoms with Crippen LogP contribution in [0, 0.1) is 0 Å². The van der Waals surface area contributed by atoms with Crippen molar-refractivity contribution in [2.24, 2.45) is 0 Å². The highest BCUT2D eigenvalue weighted by molar-refractivity contribution is 14.1. The van der Waals surface area contributed by atoms with E-state index in [9.17, 15) is 0 Å². The Bertz CT molecular complexity index is 221. The molecular formula is C10H14IN. The molecule has 0 aromatic heterocycles. The van der Waals surface area contributed by atoms with Gasteiger partial charge in [0.1, 0.15) is 0 Å². The number of nitrogens with zero attached hydrogens (tertiary/aromatic N) is 1. The fourth-order valence-electron chi connectivity index (χ4n) is 0.940. The van der Waals surface area contributed by atoms with E-state index in [0.29, 0.717) is 6.04 Å². The molecule has 0 unspecified atom stereocenters. The van der Waals surface area contributed by atoms with E-state index in [1.54, 1.807) is 0 Å². The van der Waals surface area contributed by atoms with Crippen LogP contribution in [0.1, 0.15) is 19.4 Å². The van der Waals surface area contributed by atoms with E-state index in [-0.39, 0.29) is 0 Å². The van der Waals surface area contributed by atoms with Gasteiger partial charge in [0.15, 0.2) is 0 Å². The molecule has 66 valence electrons. The minimum atomic E-state index is 0.603. The third-order valence-electron chi connectivity index (χ3n) is 1.74. The van der Waals surface area contributed by atoms with Crippen molar-refractivity contribution in [3.05, 3.63) is 35.9 Å². The summed E-state index contributed by atoms with van der Waals surface area (Å²) in [7, 11) is 0. The molecule has 1 aromatic rings. The molecular weight excluding hydrogens is 261 g/mol. The lowest BCUT2D eigenvalue weighted by molar-refractivity contribution is 0.426. The predicted octanol–water partition coefficient (Wildman–Crippen LogP) is 3.25. The van der Waals surface area contributed by atoms with E-state index in [1.807, 2.05) is 0 Å². The average molecular weight is 275 g/mol. The van der Waals surface area contributed by atoms with E-state index in [1.165, 1.54) is 5.56 Å². The van der Waals surface area contributed by atoms with Crippen LogP contribution in [0.15, 0.2) is 30.3 Å². The second-order valence-corrected chi connectivity index (χ2v) is 4.38. The third kappa shape index (κ3) is 3.11. The first kappa shape index (κ1) is 9.99. The standard InChI is InChI=1S/C10H14IN/c1-9(2)12(11)8-10-6-4-3-5-7-10/h3-7,9H,8H2,1-2H3. The van der Waals surface area contributed by atoms with Crippen molar-refractivity contribution < 1.29 is 0 Å². The van der Waals surface area contributed by atoms with Crippen molar-refractivity contribution >= 4 is 22.9 Å². The molecule has 0 atom stereocenters. The third-order valence-corrected chi connectivity index (χ3v) is 3.19. The Morgan fingerprint density at radius 2 is 1.83 bits per heavy atom. The van der Waals surface area contributed by atoms with Gasteiger partial charge in [-0.1, -0.05) is 30.3 Å². The van der Waals surface area contributed by atoms with Crippen LogP contribution in [-0.4, -0.2) is 9.16 Å². The van der Waals surface area contributed by atoms with Gasteiger partial charge < -0.3 is 0 Å². The van der Waals surface area contributed by atoms with Crippen LogP contribution >= 0.6 is 22.9 Å². The molecule has 2 heteroatoms. The van der Waals surface area contributed by atoms with Crippen LogP contribution in [0.25, 0.3) is 0 Å². The van der Waals surface area contributed by atoms with Gasteiger partial charge >= 0.3 is 0 Å². The van der Waals surface area contributed by atoms with Crippen molar-refractivity contribution in [2.75, 3.05) is 0 Å². The molecule has 0 saturated carbocycles. The number of benzene rings is 1. The molecule has 1 rings (SSSR count). The summed E-state index contributed by atoms with van der Waals surface area (Å²) in [6.45, 7) is 5.43. The van der Waals surface area contributed by atoms with E-state index in [4.69, 9.17) is 0 Å². The summed E-state index contributed by atoms with van der Waals surface area (Å²) in [6.07, 6.45) is 0. The van der Waals surface area contributed by atoms with E-state index in [0.717, 1.165) is 6.54 Å². The second kappa shape index (κ2) is 4.82. The zero-order chi connectivity index (χ0) is 8.97. The molecule has 0 saturated heterocycles. The highest BCUT2D eigenvalue weighted by Crippen LogP contribution is 2.12. The van der Waals surface area contributed by atoms with Crippen LogP contribution in [0.2, 0.25) is 0 Å². The Kier molecular flexibility index (Phi) is 4.01. The quantitative estimate of drug-likeness (QED) is 0.604. The fourth-order valence-corrected chi connectivity index (χ4v) is 1.33. The smallest absolute Gasteiger partial charge is 0.0335 e. The number of halogens is 1. The van der Waals surface area contributed by atoms with Gasteiger partial charge in [-0.15, -0.1) is 0 Å². The summed E-state index contributed by atoms with van der Waals surface area (Å²) in [6, 6.07) is 11.1. The normalized spacial score (nSPS) is 11.1. The lowest BCUT2D eigenvalue weighted by Gasteiger charge is -2.18. The maximum Gasteiger partial charge on any atom is 0.0335 e. The first-order valence-corrected chi connectivity index (χ1v) is 5.13. The van der Waals surface area contributed by atoms with Gasteiger partial charge in [0.25, 0.3) is 0 Å². The molecule has 12 heavy (non-hydrogen) atoms. The monoisotopic (exact) mass is 275 g/mol. The maximum atomic E-state index is 2.37. The molecule has 0 aliphatic heterocycles. The van der Waals surface area contributed by atoms with Gasteiger partial charge in [-0.2, -0.15) is 0 Å². The Hall–Kier alpha value is -0.0900. The van der Waals surface area contributed by atoms with Gasteiger partial charge in [0.2, 0.25) is 0 Å². The molecule has 0 spiro atoms. The van der Waals surface area contributed by atoms with Crippen molar-refractivity contribution in [1.82, 2.24) is 3.11 Å². The Balaban J connectivity index is 2.53. The lowest BCUT2D eigenvalue weighted by Crippen LogP contribution is -2.19. The summed E-state index contributed by atoms with van der Waals surface area (Å²) in [5.41, 5.74) is 1.38. The molecule has 0 heterocycles. The lowest BCUT2D eigenvalue weighted by atomic mass is 10.2. The first-order valence-electron chi connectivity index (χ1n) is 4.16. The molecule has 1 nitrogen and oxygen atoms in total. The number of rotatable bonds is 3. The minimum absolute atomic E-state index is 0.603. The van der Waals surface area contributed by atoms with Crippen LogP contribution < -0.4 is 0 Å². The zero-order valence-corrected chi connectivity index (χ0v) is 9.65. The summed E-state index contributed by atoms with van der Waals surface area (Å²) < 4.78 is 2.30. The highest BCUT2D eigenvalue weighted by atomic mass is 127. The van der Waals surface area contributed by atoms with E-state index >= 15 is 0 Å². The van der Waals surface area contributed by atoms with E-state index < -0.39 is 0 Å². The topological polar surface area (TPSA) is 3.24 Å². The summed E-state index contributed by atoms with van der Waals surface area (Å²) in [5.74, 6) is 0. The first-order chi connectivity index (χ1) is 5.70. The Labute approximate surface area is 88.3 Å². The van der Waals surface area contributed by atoms with Crippen molar-refractivity contribution in [3.63, 3.8) is 0 Å². The zero-order valence-electron chi connectivity index (χ0n) is 7.50. The van der Waals surface area contributed by atoms with Gasteiger partial charge in [-0.05, 0) is 19.4 Å². The van der Waals surface area contributed by atoms with Crippen molar-refractivity contribution in [1.29, 1.82) is 0 Å². The molecule has 0 bridgehead atoms. The number of hydrogen-bond acceptors (Lipinski definition) is 1. The molecule has 0 fully saturated rings. The van der Waals surface area contributed by atoms with Gasteiger partial charge in [-0.25, -0.2) is 3.11 Å². The van der Waals surface area contributed by atoms with Gasteiger partial charge in [0.05, 0.1) is 0 Å². The maximum absolute atomic E-state index is 2.37. The van der Waals surface area contributed by atoms with Crippen molar-refractivity contribution in [3.8, 4) is 0 Å². The average Bonchev–Trinajstić information content (AvgIpc) is 2.06. The second-order valence-electron chi connectivity index (χ2n) is 3.14. The van der Waals surface area contributed by atoms with Gasteiger partial charge in [0, 0.05) is 35.5 Å². The molecule has 0 aliphatic carbocycles. The van der Waals surface area contributed by atoms with Crippen LogP contribution in [-0.2, 0) is 6.54 Å². The molecule has 0 radical (unpaired) electrons. The van der Waals surface area contributed by atoms with E-state index in [2.05, 4.69) is 70.2 Å². The van der Waals surface area contributed by atoms with Crippen LogP contribution in [0.5, 0.6) is 0 Å². The predicted molar refractivity (Wildman–Crippen MR) is 61.1 cm³/mol. The Morgan fingerprint density at radius 3 is 2.33 bits per heavy atom. The van der Waals surface area contributed by atoms with Gasteiger partial charge in [-0.3, -0.25) is 0 Å². The van der Waals surface area contributed by atoms with Crippen LogP contribution in [0.3, 0.4) is 0 Å². The summed E-state index contributed by atoms with van der Waals surface area (Å²) in [4.78, 5) is 0. The molecule has 0 amide bonds. The number of hydrogen-bond donors (Lipinski definition) is 0. The van der Waals surface area contributed by atoms with Crippen LogP contribution in [0.4, 0.5) is 0 Å².